The molecule has 3 N–H and O–H groups in total. The van der Waals surface area contributed by atoms with Gasteiger partial charge in [0.1, 0.15) is 0 Å². The van der Waals surface area contributed by atoms with Crippen LogP contribution < -0.4 is 5.73 Å². The minimum absolute atomic E-state index is 0.0372. The number of amides is 1. The molecule has 1 atom stereocenters. The number of aliphatic hydroxyl groups is 1. The first-order valence-corrected chi connectivity index (χ1v) is 7.75. The van der Waals surface area contributed by atoms with E-state index in [9.17, 15) is 9.90 Å². The minimum atomic E-state index is -0.603. The van der Waals surface area contributed by atoms with Crippen LogP contribution in [0.1, 0.15) is 29.3 Å². The highest BCUT2D eigenvalue weighted by molar-refractivity contribution is 7.13. The number of hydrogen-bond acceptors (Lipinski definition) is 5. The lowest BCUT2D eigenvalue weighted by Gasteiger charge is -2.32. The second-order valence-electron chi connectivity index (χ2n) is 5.17. The van der Waals surface area contributed by atoms with E-state index < -0.39 is 6.10 Å². The molecule has 1 aliphatic heterocycles. The molecular weight excluding hydrogens is 286 g/mol. The quantitative estimate of drug-likeness (QED) is 0.905. The van der Waals surface area contributed by atoms with Gasteiger partial charge < -0.3 is 15.7 Å². The molecule has 1 aliphatic rings. The molecule has 1 amide bonds. The molecule has 0 bridgehead atoms. The molecule has 6 heteroatoms. The molecule has 1 aromatic heterocycles. The van der Waals surface area contributed by atoms with Crippen molar-refractivity contribution in [1.29, 1.82) is 0 Å². The van der Waals surface area contributed by atoms with Crippen LogP contribution in [0, 0.1) is 0 Å². The van der Waals surface area contributed by atoms with Crippen molar-refractivity contribution in [2.45, 2.75) is 25.5 Å². The Bertz CT molecular complexity index is 656. The number of benzene rings is 1. The number of rotatable bonds is 3. The summed E-state index contributed by atoms with van der Waals surface area (Å²) in [6.07, 6.45) is 0.368. The molecule has 3 rings (SSSR count). The van der Waals surface area contributed by atoms with Crippen molar-refractivity contribution < 1.29 is 9.90 Å². The van der Waals surface area contributed by atoms with Gasteiger partial charge >= 0.3 is 0 Å². The number of aryl methyl sites for hydroxylation is 1. The number of nitrogens with zero attached hydrogens (tertiary/aromatic N) is 2. The van der Waals surface area contributed by atoms with E-state index in [4.69, 9.17) is 5.73 Å². The van der Waals surface area contributed by atoms with Crippen LogP contribution in [-0.4, -0.2) is 27.4 Å². The van der Waals surface area contributed by atoms with Crippen LogP contribution in [0.2, 0.25) is 0 Å². The van der Waals surface area contributed by atoms with Crippen LogP contribution in [-0.2, 0) is 17.8 Å². The Morgan fingerprint density at radius 2 is 2.29 bits per heavy atom. The lowest BCUT2D eigenvalue weighted by molar-refractivity contribution is -0.134. The second kappa shape index (κ2) is 5.83. The molecule has 5 nitrogen and oxygen atoms in total. The zero-order valence-corrected chi connectivity index (χ0v) is 12.3. The van der Waals surface area contributed by atoms with Gasteiger partial charge in [-0.2, -0.15) is 0 Å². The van der Waals surface area contributed by atoms with Gasteiger partial charge in [-0.05, 0) is 17.5 Å². The molecule has 0 fully saturated rings. The second-order valence-corrected chi connectivity index (χ2v) is 6.06. The molecule has 2 aromatic rings. The summed E-state index contributed by atoms with van der Waals surface area (Å²) in [5, 5.41) is 12.6. The number of thiazole rings is 1. The summed E-state index contributed by atoms with van der Waals surface area (Å²) >= 11 is 1.38. The number of fused-ring (bicyclic) bond motifs is 1. The van der Waals surface area contributed by atoms with Crippen molar-refractivity contribution in [2.24, 2.45) is 0 Å². The van der Waals surface area contributed by atoms with Crippen molar-refractivity contribution in [1.82, 2.24) is 9.88 Å². The van der Waals surface area contributed by atoms with Gasteiger partial charge in [-0.3, -0.25) is 4.79 Å². The fraction of sp³-hybridized carbons (Fsp3) is 0.333. The molecule has 0 spiro atoms. The van der Waals surface area contributed by atoms with Crippen LogP contribution in [0.3, 0.4) is 0 Å². The van der Waals surface area contributed by atoms with Crippen LogP contribution in [0.5, 0.6) is 0 Å². The van der Waals surface area contributed by atoms with Crippen molar-refractivity contribution in [2.75, 3.05) is 12.3 Å². The maximum atomic E-state index is 12.3. The maximum absolute atomic E-state index is 12.3. The van der Waals surface area contributed by atoms with Crippen LogP contribution in [0.15, 0.2) is 29.6 Å². The van der Waals surface area contributed by atoms with Crippen molar-refractivity contribution >= 4 is 22.4 Å². The minimum Gasteiger partial charge on any atom is -0.387 e. The molecule has 0 saturated heterocycles. The van der Waals surface area contributed by atoms with Crippen LogP contribution in [0.25, 0.3) is 0 Å². The van der Waals surface area contributed by atoms with Crippen molar-refractivity contribution in [3.63, 3.8) is 0 Å². The number of nitrogen functional groups attached to an aromatic ring is 1. The van der Waals surface area contributed by atoms with Gasteiger partial charge in [-0.25, -0.2) is 4.98 Å². The number of anilines is 1. The number of hydrogen-bond donors (Lipinski definition) is 2. The van der Waals surface area contributed by atoms with E-state index >= 15 is 0 Å². The highest BCUT2D eigenvalue weighted by atomic mass is 32.1. The average molecular weight is 303 g/mol. The number of β-amino-alcohol motifs (C(OH)–C–C–N with tert-alkyl or cyclic N) is 1. The predicted octanol–water partition coefficient (Wildman–Crippen LogP) is 1.73. The summed E-state index contributed by atoms with van der Waals surface area (Å²) in [4.78, 5) is 18.2. The van der Waals surface area contributed by atoms with E-state index in [0.717, 1.165) is 16.8 Å². The summed E-state index contributed by atoms with van der Waals surface area (Å²) in [7, 11) is 0. The Kier molecular flexibility index (Phi) is 3.90. The molecule has 0 unspecified atom stereocenters. The molecule has 0 saturated carbocycles. The molecular formula is C15H17N3O2S. The zero-order valence-electron chi connectivity index (χ0n) is 11.5. The van der Waals surface area contributed by atoms with Gasteiger partial charge in [0.15, 0.2) is 5.13 Å². The normalized spacial score (nSPS) is 17.6. The van der Waals surface area contributed by atoms with Crippen LogP contribution >= 0.6 is 11.3 Å². The first-order valence-electron chi connectivity index (χ1n) is 6.87. The smallest absolute Gasteiger partial charge is 0.223 e. The third-order valence-electron chi connectivity index (χ3n) is 3.69. The number of carbonyl (C=O) groups excluding carboxylic acids is 1. The van der Waals surface area contributed by atoms with Crippen molar-refractivity contribution in [3.8, 4) is 0 Å². The Morgan fingerprint density at radius 3 is 3.05 bits per heavy atom. The standard InChI is InChI=1S/C15H17N3O2S/c16-15-17-11(9-21-15)5-6-14(20)18-7-10-3-1-2-4-12(10)13(19)8-18/h1-4,9,13,19H,5-8H2,(H2,16,17)/t13-/m0/s1. The monoisotopic (exact) mass is 303 g/mol. The Balaban J connectivity index is 1.64. The van der Waals surface area contributed by atoms with E-state index in [-0.39, 0.29) is 5.91 Å². The molecule has 110 valence electrons. The first-order chi connectivity index (χ1) is 10.1. The lowest BCUT2D eigenvalue weighted by Crippen LogP contribution is -2.38. The zero-order chi connectivity index (χ0) is 14.8. The van der Waals surface area contributed by atoms with Crippen LogP contribution in [0.4, 0.5) is 5.13 Å². The molecule has 2 heterocycles. The third kappa shape index (κ3) is 3.06. The molecule has 0 aliphatic carbocycles. The average Bonchev–Trinajstić information content (AvgIpc) is 2.90. The fourth-order valence-electron chi connectivity index (χ4n) is 2.60. The first kappa shape index (κ1) is 14.0. The van der Waals surface area contributed by atoms with E-state index in [0.29, 0.717) is 31.1 Å². The number of carbonyl (C=O) groups is 1. The predicted molar refractivity (Wildman–Crippen MR) is 81.7 cm³/mol. The summed E-state index contributed by atoms with van der Waals surface area (Å²) in [5.41, 5.74) is 8.37. The summed E-state index contributed by atoms with van der Waals surface area (Å²) in [6.45, 7) is 0.917. The molecule has 0 radical (unpaired) electrons. The topological polar surface area (TPSA) is 79.5 Å². The maximum Gasteiger partial charge on any atom is 0.223 e. The van der Waals surface area contributed by atoms with Gasteiger partial charge in [0.05, 0.1) is 18.3 Å². The highest BCUT2D eigenvalue weighted by Crippen LogP contribution is 2.26. The van der Waals surface area contributed by atoms with Crippen molar-refractivity contribution in [3.05, 3.63) is 46.5 Å². The van der Waals surface area contributed by atoms with E-state index in [1.165, 1.54) is 11.3 Å². The van der Waals surface area contributed by atoms with Gasteiger partial charge in [0.2, 0.25) is 5.91 Å². The summed E-state index contributed by atoms with van der Waals surface area (Å²) in [6, 6.07) is 7.71. The largest absolute Gasteiger partial charge is 0.387 e. The van der Waals surface area contributed by atoms with Gasteiger partial charge in [0.25, 0.3) is 0 Å². The summed E-state index contributed by atoms with van der Waals surface area (Å²) < 4.78 is 0. The fourth-order valence-corrected chi connectivity index (χ4v) is 3.20. The molecule has 1 aromatic carbocycles. The Hall–Kier alpha value is -1.92. The number of aromatic nitrogens is 1. The SMILES string of the molecule is Nc1nc(CCC(=O)N2Cc3ccccc3[C@@H](O)C2)cs1. The van der Waals surface area contributed by atoms with E-state index in [1.807, 2.05) is 29.6 Å². The van der Waals surface area contributed by atoms with Gasteiger partial charge in [-0.15, -0.1) is 11.3 Å². The number of nitrogens with two attached hydrogens (primary N) is 1. The summed E-state index contributed by atoms with van der Waals surface area (Å²) in [5.74, 6) is 0.0372. The van der Waals surface area contributed by atoms with Gasteiger partial charge in [0, 0.05) is 18.3 Å². The van der Waals surface area contributed by atoms with E-state index in [1.54, 1.807) is 4.90 Å². The lowest BCUT2D eigenvalue weighted by atomic mass is 9.97. The third-order valence-corrected chi connectivity index (χ3v) is 4.41. The molecule has 21 heavy (non-hydrogen) atoms. The van der Waals surface area contributed by atoms with Gasteiger partial charge in [-0.1, -0.05) is 24.3 Å². The number of aliphatic hydroxyl groups excluding tert-OH is 1. The Morgan fingerprint density at radius 1 is 1.48 bits per heavy atom. The van der Waals surface area contributed by atoms with E-state index in [2.05, 4.69) is 4.98 Å². The highest BCUT2D eigenvalue weighted by Gasteiger charge is 2.26. The Labute approximate surface area is 127 Å².